The summed E-state index contributed by atoms with van der Waals surface area (Å²) in [5.41, 5.74) is 0.261. The molecule has 20 heavy (non-hydrogen) atoms. The fourth-order valence-corrected chi connectivity index (χ4v) is 3.46. The fraction of sp³-hybridized carbons (Fsp3) is 0.571. The van der Waals surface area contributed by atoms with Crippen LogP contribution in [-0.2, 0) is 10.0 Å². The number of halogens is 1. The molecule has 1 aromatic rings. The molecule has 0 amide bonds. The largest absolute Gasteiger partial charge is 0.393 e. The molecule has 0 saturated carbocycles. The minimum absolute atomic E-state index is 0.133. The Balaban J connectivity index is 2.88. The highest BCUT2D eigenvalue weighted by Crippen LogP contribution is 2.23. The minimum atomic E-state index is -3.89. The molecule has 0 aromatic heterocycles. The van der Waals surface area contributed by atoms with Crippen LogP contribution in [0.5, 0.6) is 0 Å². The molecule has 114 valence electrons. The highest BCUT2D eigenvalue weighted by atomic mass is 32.2. The van der Waals surface area contributed by atoms with Gasteiger partial charge in [0.1, 0.15) is 10.7 Å². The zero-order valence-corrected chi connectivity index (χ0v) is 13.1. The Morgan fingerprint density at radius 1 is 1.40 bits per heavy atom. The maximum absolute atomic E-state index is 13.6. The van der Waals surface area contributed by atoms with E-state index in [9.17, 15) is 17.9 Å². The Kier molecular flexibility index (Phi) is 5.29. The van der Waals surface area contributed by atoms with Gasteiger partial charge in [-0.1, -0.05) is 19.9 Å². The zero-order chi connectivity index (χ0) is 15.6. The average Bonchev–Trinajstić information content (AvgIpc) is 2.28. The number of hydrogen-bond donors (Lipinski definition) is 2. The number of aliphatic hydroxyl groups excluding tert-OH is 1. The SMILES string of the molecule is Cc1ccc(F)c(S(=O)(=O)NCC(C)(C)C[C@@H](C)O)c1. The van der Waals surface area contributed by atoms with E-state index in [2.05, 4.69) is 4.72 Å². The molecule has 0 aliphatic carbocycles. The molecule has 0 bridgehead atoms. The van der Waals surface area contributed by atoms with Crippen molar-refractivity contribution in [2.75, 3.05) is 6.54 Å². The quantitative estimate of drug-likeness (QED) is 0.847. The normalized spacial score (nSPS) is 14.3. The smallest absolute Gasteiger partial charge is 0.243 e. The monoisotopic (exact) mass is 303 g/mol. The van der Waals surface area contributed by atoms with Gasteiger partial charge in [0.25, 0.3) is 0 Å². The van der Waals surface area contributed by atoms with Crippen molar-refractivity contribution in [1.29, 1.82) is 0 Å². The number of sulfonamides is 1. The lowest BCUT2D eigenvalue weighted by molar-refractivity contribution is 0.131. The van der Waals surface area contributed by atoms with Crippen LogP contribution in [0.3, 0.4) is 0 Å². The van der Waals surface area contributed by atoms with Crippen molar-refractivity contribution in [3.63, 3.8) is 0 Å². The van der Waals surface area contributed by atoms with Crippen LogP contribution in [-0.4, -0.2) is 26.2 Å². The van der Waals surface area contributed by atoms with Gasteiger partial charge in [-0.05, 0) is 43.4 Å². The standard InChI is InChI=1S/C14H22FNO3S/c1-10-5-6-12(15)13(7-10)20(18,19)16-9-14(3,4)8-11(2)17/h5-7,11,16-17H,8-9H2,1-4H3/t11-/m1/s1. The molecule has 0 aliphatic heterocycles. The third kappa shape index (κ3) is 4.85. The van der Waals surface area contributed by atoms with Gasteiger partial charge in [-0.15, -0.1) is 0 Å². The van der Waals surface area contributed by atoms with Gasteiger partial charge in [0, 0.05) is 6.54 Å². The van der Waals surface area contributed by atoms with Crippen molar-refractivity contribution in [1.82, 2.24) is 4.72 Å². The summed E-state index contributed by atoms with van der Waals surface area (Å²) in [4.78, 5) is -0.342. The van der Waals surface area contributed by atoms with Crippen LogP contribution < -0.4 is 4.72 Å². The predicted molar refractivity (Wildman–Crippen MR) is 76.4 cm³/mol. The molecule has 0 saturated heterocycles. The summed E-state index contributed by atoms with van der Waals surface area (Å²) >= 11 is 0. The Morgan fingerprint density at radius 2 is 2.00 bits per heavy atom. The summed E-state index contributed by atoms with van der Waals surface area (Å²) in [5, 5.41) is 9.38. The topological polar surface area (TPSA) is 66.4 Å². The van der Waals surface area contributed by atoms with Crippen LogP contribution in [0.1, 0.15) is 32.8 Å². The maximum atomic E-state index is 13.6. The number of nitrogens with one attached hydrogen (secondary N) is 1. The first-order valence-corrected chi connectivity index (χ1v) is 7.96. The van der Waals surface area contributed by atoms with Crippen LogP contribution >= 0.6 is 0 Å². The summed E-state index contributed by atoms with van der Waals surface area (Å²) in [6, 6.07) is 3.97. The number of rotatable bonds is 6. The first-order valence-electron chi connectivity index (χ1n) is 6.47. The molecule has 2 N–H and O–H groups in total. The predicted octanol–water partition coefficient (Wildman–Crippen LogP) is 2.21. The van der Waals surface area contributed by atoms with Crippen molar-refractivity contribution < 1.29 is 17.9 Å². The highest BCUT2D eigenvalue weighted by molar-refractivity contribution is 7.89. The van der Waals surface area contributed by atoms with Gasteiger partial charge in [0.2, 0.25) is 10.0 Å². The van der Waals surface area contributed by atoms with Crippen LogP contribution in [0.2, 0.25) is 0 Å². The zero-order valence-electron chi connectivity index (χ0n) is 12.3. The van der Waals surface area contributed by atoms with E-state index in [1.54, 1.807) is 13.8 Å². The van der Waals surface area contributed by atoms with Crippen LogP contribution in [0.25, 0.3) is 0 Å². The molecule has 0 aliphatic rings. The molecule has 0 spiro atoms. The third-order valence-corrected chi connectivity index (χ3v) is 4.38. The van der Waals surface area contributed by atoms with Gasteiger partial charge in [-0.2, -0.15) is 0 Å². The van der Waals surface area contributed by atoms with Crippen LogP contribution in [0.4, 0.5) is 4.39 Å². The van der Waals surface area contributed by atoms with Gasteiger partial charge < -0.3 is 5.11 Å². The summed E-state index contributed by atoms with van der Waals surface area (Å²) in [5.74, 6) is -0.767. The van der Waals surface area contributed by atoms with E-state index in [1.807, 2.05) is 13.8 Å². The first-order chi connectivity index (χ1) is 9.03. The highest BCUT2D eigenvalue weighted by Gasteiger charge is 2.25. The summed E-state index contributed by atoms with van der Waals surface area (Å²) in [7, 11) is -3.89. The Labute approximate surface area is 120 Å². The maximum Gasteiger partial charge on any atom is 0.243 e. The van der Waals surface area contributed by atoms with Crippen molar-refractivity contribution >= 4 is 10.0 Å². The van der Waals surface area contributed by atoms with E-state index in [4.69, 9.17) is 0 Å². The lowest BCUT2D eigenvalue weighted by Gasteiger charge is -2.26. The van der Waals surface area contributed by atoms with Gasteiger partial charge in [0.05, 0.1) is 6.10 Å². The summed E-state index contributed by atoms with van der Waals surface area (Å²) < 4.78 is 40.3. The lowest BCUT2D eigenvalue weighted by atomic mass is 9.87. The van der Waals surface area contributed by atoms with E-state index in [0.29, 0.717) is 12.0 Å². The molecule has 1 rings (SSSR count). The summed E-state index contributed by atoms with van der Waals surface area (Å²) in [6.45, 7) is 7.17. The third-order valence-electron chi connectivity index (χ3n) is 2.96. The molecular formula is C14H22FNO3S. The minimum Gasteiger partial charge on any atom is -0.393 e. The molecule has 0 fully saturated rings. The number of aryl methyl sites for hydroxylation is 1. The second-order valence-electron chi connectivity index (χ2n) is 5.98. The van der Waals surface area contributed by atoms with E-state index < -0.39 is 27.4 Å². The molecule has 0 radical (unpaired) electrons. The molecule has 1 aromatic carbocycles. The van der Waals surface area contributed by atoms with Crippen molar-refractivity contribution in [2.45, 2.75) is 45.1 Å². The van der Waals surface area contributed by atoms with Crippen molar-refractivity contribution in [2.24, 2.45) is 5.41 Å². The van der Waals surface area contributed by atoms with E-state index in [1.165, 1.54) is 12.1 Å². The van der Waals surface area contributed by atoms with Gasteiger partial charge in [-0.3, -0.25) is 0 Å². The van der Waals surface area contributed by atoms with Crippen LogP contribution in [0.15, 0.2) is 23.1 Å². The lowest BCUT2D eigenvalue weighted by Crippen LogP contribution is -2.36. The average molecular weight is 303 g/mol. The number of hydrogen-bond acceptors (Lipinski definition) is 3. The number of aliphatic hydroxyl groups is 1. The summed E-state index contributed by atoms with van der Waals surface area (Å²) in [6.07, 6.45) is -0.0727. The number of benzene rings is 1. The fourth-order valence-electron chi connectivity index (χ4n) is 2.06. The van der Waals surface area contributed by atoms with Gasteiger partial charge in [-0.25, -0.2) is 17.5 Å². The van der Waals surface area contributed by atoms with Crippen molar-refractivity contribution in [3.8, 4) is 0 Å². The molecule has 1 atom stereocenters. The van der Waals surface area contributed by atoms with Crippen molar-refractivity contribution in [3.05, 3.63) is 29.6 Å². The van der Waals surface area contributed by atoms with Gasteiger partial charge >= 0.3 is 0 Å². The van der Waals surface area contributed by atoms with Crippen LogP contribution in [0, 0.1) is 18.2 Å². The Hall–Kier alpha value is -0.980. The second-order valence-corrected chi connectivity index (χ2v) is 7.71. The molecule has 0 heterocycles. The molecule has 6 heteroatoms. The molecule has 0 unspecified atom stereocenters. The van der Waals surface area contributed by atoms with Gasteiger partial charge in [0.15, 0.2) is 0 Å². The van der Waals surface area contributed by atoms with E-state index in [-0.39, 0.29) is 11.4 Å². The molecule has 4 nitrogen and oxygen atoms in total. The molecular weight excluding hydrogens is 281 g/mol. The first kappa shape index (κ1) is 17.1. The Bertz CT molecular complexity index is 568. The second kappa shape index (κ2) is 6.20. The van der Waals surface area contributed by atoms with E-state index in [0.717, 1.165) is 6.07 Å². The Morgan fingerprint density at radius 3 is 2.55 bits per heavy atom. The van der Waals surface area contributed by atoms with E-state index >= 15 is 0 Å².